The second-order valence-corrected chi connectivity index (χ2v) is 4.57. The largest absolute Gasteiger partial charge is 0.464 e. The van der Waals surface area contributed by atoms with Crippen LogP contribution in [0, 0.1) is 12.9 Å². The van der Waals surface area contributed by atoms with Crippen LogP contribution in [0.15, 0.2) is 24.4 Å². The van der Waals surface area contributed by atoms with Crippen molar-refractivity contribution in [1.82, 2.24) is 9.97 Å². The van der Waals surface area contributed by atoms with Gasteiger partial charge in [0.05, 0.1) is 17.9 Å². The molecule has 0 aliphatic rings. The minimum absolute atomic E-state index is 0.0318. The fraction of sp³-hybridized carbons (Fsp3) is 0.267. The number of nitrogens with zero attached hydrogens (tertiary/aromatic N) is 2. The number of rotatable bonds is 4. The summed E-state index contributed by atoms with van der Waals surface area (Å²) in [6.07, 6.45) is -0.823. The van der Waals surface area contributed by atoms with Crippen LogP contribution in [0.5, 0.6) is 0 Å². The summed E-state index contributed by atoms with van der Waals surface area (Å²) < 4.78 is 33.0. The first-order valence-electron chi connectivity index (χ1n) is 6.64. The number of aromatic nitrogens is 2. The molecular weight excluding hydrogens is 292 g/mol. The summed E-state index contributed by atoms with van der Waals surface area (Å²) in [5.74, 6) is -1.93. The summed E-state index contributed by atoms with van der Waals surface area (Å²) >= 11 is 0. The second-order valence-electron chi connectivity index (χ2n) is 4.57. The zero-order chi connectivity index (χ0) is 16.3. The number of carbonyl (C=O) groups excluding carboxylic acids is 1. The van der Waals surface area contributed by atoms with Crippen LogP contribution in [0.25, 0.3) is 11.1 Å². The first kappa shape index (κ1) is 15.8. The highest BCUT2D eigenvalue weighted by Crippen LogP contribution is 2.34. The minimum Gasteiger partial charge on any atom is -0.464 e. The van der Waals surface area contributed by atoms with Crippen molar-refractivity contribution in [2.24, 2.45) is 0 Å². The molecule has 0 saturated carbocycles. The molecule has 5 nitrogen and oxygen atoms in total. The maximum Gasteiger partial charge on any atom is 0.347 e. The van der Waals surface area contributed by atoms with Crippen molar-refractivity contribution in [2.45, 2.75) is 20.0 Å². The van der Waals surface area contributed by atoms with E-state index in [2.05, 4.69) is 14.7 Å². The van der Waals surface area contributed by atoms with E-state index in [4.69, 9.17) is 5.73 Å². The molecule has 0 spiro atoms. The van der Waals surface area contributed by atoms with Crippen LogP contribution in [0.2, 0.25) is 0 Å². The van der Waals surface area contributed by atoms with E-state index in [1.165, 1.54) is 24.4 Å². The third kappa shape index (κ3) is 3.03. The molecule has 1 unspecified atom stereocenters. The standard InChI is InChI=1S/C15H15F2N3O2/c1-3-22-15(21)12(16)13-9(5-4-6-19-13)11-10(18)7-8(2)20-14(11)17/h4-7,12H,3H2,1-2H3,(H2,18,20). The first-order valence-corrected chi connectivity index (χ1v) is 6.64. The molecule has 2 aromatic rings. The van der Waals surface area contributed by atoms with Gasteiger partial charge in [-0.15, -0.1) is 0 Å². The highest BCUT2D eigenvalue weighted by atomic mass is 19.1. The summed E-state index contributed by atoms with van der Waals surface area (Å²) in [7, 11) is 0. The maximum atomic E-state index is 14.3. The Hall–Kier alpha value is -2.57. The summed E-state index contributed by atoms with van der Waals surface area (Å²) in [6.45, 7) is 3.18. The molecule has 1 atom stereocenters. The Morgan fingerprint density at radius 2 is 2.23 bits per heavy atom. The predicted octanol–water partition coefficient (Wildman–Crippen LogP) is 2.75. The van der Waals surface area contributed by atoms with E-state index in [0.29, 0.717) is 5.69 Å². The van der Waals surface area contributed by atoms with Crippen LogP contribution in [0.3, 0.4) is 0 Å². The quantitative estimate of drug-likeness (QED) is 0.694. The monoisotopic (exact) mass is 307 g/mol. The number of halogens is 2. The normalized spacial score (nSPS) is 12.0. The summed E-state index contributed by atoms with van der Waals surface area (Å²) in [5, 5.41) is 0. The van der Waals surface area contributed by atoms with E-state index in [9.17, 15) is 13.6 Å². The number of hydrogen-bond donors (Lipinski definition) is 1. The van der Waals surface area contributed by atoms with Gasteiger partial charge >= 0.3 is 5.97 Å². The third-order valence-electron chi connectivity index (χ3n) is 2.98. The highest BCUT2D eigenvalue weighted by Gasteiger charge is 2.27. The SMILES string of the molecule is CCOC(=O)C(F)c1ncccc1-c1c(N)cc(C)nc1F. The molecule has 0 saturated heterocycles. The van der Waals surface area contributed by atoms with Gasteiger partial charge in [-0.3, -0.25) is 4.98 Å². The highest BCUT2D eigenvalue weighted by molar-refractivity contribution is 5.83. The molecule has 22 heavy (non-hydrogen) atoms. The van der Waals surface area contributed by atoms with Crippen LogP contribution < -0.4 is 5.73 Å². The summed E-state index contributed by atoms with van der Waals surface area (Å²) in [6, 6.07) is 4.39. The van der Waals surface area contributed by atoms with Gasteiger partial charge in [0.15, 0.2) is 0 Å². The Kier molecular flexibility index (Phi) is 4.65. The number of ether oxygens (including phenoxy) is 1. The molecule has 0 amide bonds. The molecule has 7 heteroatoms. The number of pyridine rings is 2. The summed E-state index contributed by atoms with van der Waals surface area (Å²) in [5.41, 5.74) is 6.04. The van der Waals surface area contributed by atoms with Crippen LogP contribution in [-0.4, -0.2) is 22.5 Å². The minimum atomic E-state index is -2.13. The number of alkyl halides is 1. The Morgan fingerprint density at radius 1 is 1.50 bits per heavy atom. The van der Waals surface area contributed by atoms with Gasteiger partial charge in [-0.1, -0.05) is 6.07 Å². The predicted molar refractivity (Wildman–Crippen MR) is 77.1 cm³/mol. The fourth-order valence-electron chi connectivity index (χ4n) is 2.08. The molecule has 0 fully saturated rings. The van der Waals surface area contributed by atoms with Crippen molar-refractivity contribution in [3.63, 3.8) is 0 Å². The number of hydrogen-bond acceptors (Lipinski definition) is 5. The van der Waals surface area contributed by atoms with Crippen LogP contribution in [0.4, 0.5) is 14.5 Å². The molecule has 0 radical (unpaired) electrons. The van der Waals surface area contributed by atoms with Gasteiger partial charge in [-0.05, 0) is 26.0 Å². The molecule has 0 aromatic carbocycles. The lowest BCUT2D eigenvalue weighted by molar-refractivity contribution is -0.149. The second kappa shape index (κ2) is 6.46. The zero-order valence-corrected chi connectivity index (χ0v) is 12.1. The number of anilines is 1. The molecule has 2 rings (SSSR count). The molecule has 0 aliphatic carbocycles. The van der Waals surface area contributed by atoms with Gasteiger partial charge in [-0.25, -0.2) is 14.2 Å². The van der Waals surface area contributed by atoms with Crippen molar-refractivity contribution in [3.05, 3.63) is 41.7 Å². The Morgan fingerprint density at radius 3 is 2.86 bits per heavy atom. The third-order valence-corrected chi connectivity index (χ3v) is 2.98. The van der Waals surface area contributed by atoms with Gasteiger partial charge in [0.1, 0.15) is 0 Å². The van der Waals surface area contributed by atoms with Gasteiger partial charge in [-0.2, -0.15) is 4.39 Å². The number of aryl methyl sites for hydroxylation is 1. The van der Waals surface area contributed by atoms with Crippen molar-refractivity contribution < 1.29 is 18.3 Å². The topological polar surface area (TPSA) is 78.1 Å². The lowest BCUT2D eigenvalue weighted by Crippen LogP contribution is -2.14. The van der Waals surface area contributed by atoms with Gasteiger partial charge in [0.2, 0.25) is 12.1 Å². The van der Waals surface area contributed by atoms with E-state index < -0.39 is 18.1 Å². The molecule has 0 aliphatic heterocycles. The number of nitrogens with two attached hydrogens (primary N) is 1. The van der Waals surface area contributed by atoms with E-state index in [1.54, 1.807) is 13.8 Å². The Balaban J connectivity index is 2.57. The number of esters is 1. The zero-order valence-electron chi connectivity index (χ0n) is 12.1. The van der Waals surface area contributed by atoms with Crippen LogP contribution in [-0.2, 0) is 9.53 Å². The Labute approximate surface area is 126 Å². The van der Waals surface area contributed by atoms with Crippen LogP contribution >= 0.6 is 0 Å². The first-order chi connectivity index (χ1) is 10.5. The van der Waals surface area contributed by atoms with Crippen LogP contribution in [0.1, 0.15) is 24.5 Å². The lowest BCUT2D eigenvalue weighted by Gasteiger charge is -2.14. The van der Waals surface area contributed by atoms with Gasteiger partial charge in [0, 0.05) is 23.1 Å². The maximum absolute atomic E-state index is 14.3. The average molecular weight is 307 g/mol. The van der Waals surface area contributed by atoms with Crippen molar-refractivity contribution in [1.29, 1.82) is 0 Å². The molecule has 0 bridgehead atoms. The number of carbonyl (C=O) groups is 1. The molecule has 2 aromatic heterocycles. The Bertz CT molecular complexity index is 684. The fourth-order valence-corrected chi connectivity index (χ4v) is 2.08. The van der Waals surface area contributed by atoms with Crippen molar-refractivity contribution in [3.8, 4) is 11.1 Å². The van der Waals surface area contributed by atoms with E-state index in [-0.39, 0.29) is 29.1 Å². The van der Waals surface area contributed by atoms with Crippen molar-refractivity contribution >= 4 is 11.7 Å². The van der Waals surface area contributed by atoms with E-state index in [0.717, 1.165) is 0 Å². The molecular formula is C15H15F2N3O2. The summed E-state index contributed by atoms with van der Waals surface area (Å²) in [4.78, 5) is 19.1. The van der Waals surface area contributed by atoms with E-state index >= 15 is 0 Å². The lowest BCUT2D eigenvalue weighted by atomic mass is 10.0. The van der Waals surface area contributed by atoms with Gasteiger partial charge in [0.25, 0.3) is 0 Å². The van der Waals surface area contributed by atoms with Crippen molar-refractivity contribution in [2.75, 3.05) is 12.3 Å². The van der Waals surface area contributed by atoms with E-state index in [1.807, 2.05) is 0 Å². The molecule has 2 heterocycles. The number of nitrogen functional groups attached to an aromatic ring is 1. The molecule has 2 N–H and O–H groups in total. The molecule has 116 valence electrons. The average Bonchev–Trinajstić information content (AvgIpc) is 2.46. The van der Waals surface area contributed by atoms with Gasteiger partial charge < -0.3 is 10.5 Å². The smallest absolute Gasteiger partial charge is 0.347 e.